The second kappa shape index (κ2) is 6.64. The van der Waals surface area contributed by atoms with E-state index in [2.05, 4.69) is 43.2 Å². The van der Waals surface area contributed by atoms with Crippen molar-refractivity contribution in [3.63, 3.8) is 0 Å². The standard InChI is InChI=1S/C14H16N6S/c1-2-5-15-6-10-3-4-11(16-7-10)21-14-12-13(18-8-17-12)19-9-20-14/h3-4,7-9,15H,2,5-6H2,1H3,(H,17,18,19,20). The maximum absolute atomic E-state index is 4.47. The van der Waals surface area contributed by atoms with E-state index in [9.17, 15) is 0 Å². The van der Waals surface area contributed by atoms with Gasteiger partial charge in [-0.05, 0) is 36.4 Å². The summed E-state index contributed by atoms with van der Waals surface area (Å²) in [6.45, 7) is 4.03. The minimum atomic E-state index is 0.674. The van der Waals surface area contributed by atoms with E-state index < -0.39 is 0 Å². The second-order valence-electron chi connectivity index (χ2n) is 4.56. The summed E-state index contributed by atoms with van der Waals surface area (Å²) < 4.78 is 0. The highest BCUT2D eigenvalue weighted by molar-refractivity contribution is 7.99. The lowest BCUT2D eigenvalue weighted by molar-refractivity contribution is 0.673. The molecule has 3 aromatic heterocycles. The monoisotopic (exact) mass is 300 g/mol. The Morgan fingerprint density at radius 3 is 2.95 bits per heavy atom. The third-order valence-electron chi connectivity index (χ3n) is 2.94. The van der Waals surface area contributed by atoms with Crippen LogP contribution in [0, 0.1) is 0 Å². The Kier molecular flexibility index (Phi) is 4.42. The van der Waals surface area contributed by atoms with Gasteiger partial charge < -0.3 is 10.3 Å². The number of pyridine rings is 1. The topological polar surface area (TPSA) is 79.4 Å². The highest BCUT2D eigenvalue weighted by Gasteiger charge is 2.08. The maximum atomic E-state index is 4.47. The van der Waals surface area contributed by atoms with Crippen LogP contribution >= 0.6 is 11.8 Å². The molecule has 0 amide bonds. The molecule has 0 spiro atoms. The third kappa shape index (κ3) is 3.37. The first-order chi connectivity index (χ1) is 10.4. The molecule has 0 unspecified atom stereocenters. The average Bonchev–Trinajstić information content (AvgIpc) is 2.99. The molecule has 0 radical (unpaired) electrons. The van der Waals surface area contributed by atoms with Gasteiger partial charge in [-0.1, -0.05) is 13.0 Å². The number of nitrogens with zero attached hydrogens (tertiary/aromatic N) is 4. The van der Waals surface area contributed by atoms with Gasteiger partial charge in [0.05, 0.1) is 6.33 Å². The van der Waals surface area contributed by atoms with E-state index >= 15 is 0 Å². The van der Waals surface area contributed by atoms with Crippen LogP contribution in [0.3, 0.4) is 0 Å². The van der Waals surface area contributed by atoms with Crippen LogP contribution in [0.15, 0.2) is 41.0 Å². The molecule has 0 atom stereocenters. The summed E-state index contributed by atoms with van der Waals surface area (Å²) in [5, 5.41) is 5.10. The molecule has 0 fully saturated rings. The van der Waals surface area contributed by atoms with Crippen LogP contribution in [0.1, 0.15) is 18.9 Å². The van der Waals surface area contributed by atoms with Gasteiger partial charge in [0, 0.05) is 12.7 Å². The molecule has 108 valence electrons. The van der Waals surface area contributed by atoms with Crippen LogP contribution in [-0.2, 0) is 6.54 Å². The van der Waals surface area contributed by atoms with E-state index in [1.807, 2.05) is 12.3 Å². The first-order valence-corrected chi connectivity index (χ1v) is 7.66. The third-order valence-corrected chi connectivity index (χ3v) is 3.90. The van der Waals surface area contributed by atoms with Crippen molar-refractivity contribution in [2.75, 3.05) is 6.54 Å². The fourth-order valence-corrected chi connectivity index (χ4v) is 2.70. The first kappa shape index (κ1) is 14.0. The highest BCUT2D eigenvalue weighted by Crippen LogP contribution is 2.27. The number of rotatable bonds is 6. The summed E-state index contributed by atoms with van der Waals surface area (Å²) in [6.07, 6.45) is 6.18. The zero-order valence-corrected chi connectivity index (χ0v) is 12.5. The van der Waals surface area contributed by atoms with Gasteiger partial charge in [-0.25, -0.2) is 19.9 Å². The van der Waals surface area contributed by atoms with Crippen LogP contribution in [0.2, 0.25) is 0 Å². The molecular weight excluding hydrogens is 284 g/mol. The van der Waals surface area contributed by atoms with Crippen LogP contribution in [0.25, 0.3) is 11.2 Å². The van der Waals surface area contributed by atoms with Crippen molar-refractivity contribution in [2.45, 2.75) is 29.9 Å². The molecule has 3 rings (SSSR count). The van der Waals surface area contributed by atoms with Gasteiger partial charge in [0.1, 0.15) is 21.9 Å². The fourth-order valence-electron chi connectivity index (χ4n) is 1.90. The number of fused-ring (bicyclic) bond motifs is 1. The van der Waals surface area contributed by atoms with Gasteiger partial charge in [-0.3, -0.25) is 0 Å². The van der Waals surface area contributed by atoms with Crippen molar-refractivity contribution in [3.05, 3.63) is 36.5 Å². The smallest absolute Gasteiger partial charge is 0.181 e. The van der Waals surface area contributed by atoms with Crippen molar-refractivity contribution in [3.8, 4) is 0 Å². The molecule has 0 aliphatic rings. The van der Waals surface area contributed by atoms with Gasteiger partial charge in [0.15, 0.2) is 5.65 Å². The Morgan fingerprint density at radius 2 is 2.14 bits per heavy atom. The number of hydrogen-bond acceptors (Lipinski definition) is 6. The first-order valence-electron chi connectivity index (χ1n) is 6.84. The van der Waals surface area contributed by atoms with E-state index in [1.165, 1.54) is 23.7 Å². The Labute approximate surface area is 126 Å². The molecule has 0 saturated heterocycles. The van der Waals surface area contributed by atoms with E-state index in [0.717, 1.165) is 35.1 Å². The summed E-state index contributed by atoms with van der Waals surface area (Å²) in [4.78, 5) is 20.0. The predicted octanol–water partition coefficient (Wildman–Crippen LogP) is 2.40. The number of aromatic amines is 1. The summed E-state index contributed by atoms with van der Waals surface area (Å²) >= 11 is 1.50. The van der Waals surface area contributed by atoms with Crippen molar-refractivity contribution in [2.24, 2.45) is 0 Å². The number of hydrogen-bond donors (Lipinski definition) is 2. The van der Waals surface area contributed by atoms with Gasteiger partial charge in [-0.2, -0.15) is 0 Å². The normalized spacial score (nSPS) is 11.1. The zero-order chi connectivity index (χ0) is 14.5. The average molecular weight is 300 g/mol. The van der Waals surface area contributed by atoms with Crippen molar-refractivity contribution >= 4 is 22.9 Å². The molecule has 0 saturated carbocycles. The lowest BCUT2D eigenvalue weighted by atomic mass is 10.3. The van der Waals surface area contributed by atoms with Gasteiger partial charge in [0.2, 0.25) is 0 Å². The maximum Gasteiger partial charge on any atom is 0.181 e. The number of aromatic nitrogens is 5. The van der Waals surface area contributed by atoms with Crippen LogP contribution < -0.4 is 5.32 Å². The molecule has 21 heavy (non-hydrogen) atoms. The Morgan fingerprint density at radius 1 is 1.19 bits per heavy atom. The van der Waals surface area contributed by atoms with Crippen molar-refractivity contribution in [1.82, 2.24) is 30.2 Å². The fraction of sp³-hybridized carbons (Fsp3) is 0.286. The molecular formula is C14H16N6S. The Balaban J connectivity index is 1.71. The van der Waals surface area contributed by atoms with Gasteiger partial charge in [-0.15, -0.1) is 0 Å². The summed E-state index contributed by atoms with van der Waals surface area (Å²) in [7, 11) is 0. The van der Waals surface area contributed by atoms with Gasteiger partial charge >= 0.3 is 0 Å². The van der Waals surface area contributed by atoms with E-state index in [4.69, 9.17) is 0 Å². The van der Waals surface area contributed by atoms with E-state index in [-0.39, 0.29) is 0 Å². The summed E-state index contributed by atoms with van der Waals surface area (Å²) in [5.74, 6) is 0. The lowest BCUT2D eigenvalue weighted by Crippen LogP contribution is -2.13. The Hall–Kier alpha value is -1.99. The number of nitrogens with one attached hydrogen (secondary N) is 2. The van der Waals surface area contributed by atoms with E-state index in [0.29, 0.717) is 5.65 Å². The molecule has 7 heteroatoms. The van der Waals surface area contributed by atoms with E-state index in [1.54, 1.807) is 6.33 Å². The molecule has 0 aromatic carbocycles. The minimum absolute atomic E-state index is 0.674. The second-order valence-corrected chi connectivity index (χ2v) is 5.57. The lowest BCUT2D eigenvalue weighted by Gasteiger charge is -2.04. The SMILES string of the molecule is CCCNCc1ccc(Sc2ncnc3nc[nH]c23)nc1. The molecule has 6 nitrogen and oxygen atoms in total. The summed E-state index contributed by atoms with van der Waals surface area (Å²) in [6, 6.07) is 4.10. The summed E-state index contributed by atoms with van der Waals surface area (Å²) in [5.41, 5.74) is 2.70. The van der Waals surface area contributed by atoms with Crippen LogP contribution in [0.4, 0.5) is 0 Å². The molecule has 3 heterocycles. The van der Waals surface area contributed by atoms with Crippen LogP contribution in [-0.4, -0.2) is 31.5 Å². The molecule has 2 N–H and O–H groups in total. The highest BCUT2D eigenvalue weighted by atomic mass is 32.2. The molecule has 0 bridgehead atoms. The minimum Gasteiger partial charge on any atom is -0.341 e. The van der Waals surface area contributed by atoms with Crippen molar-refractivity contribution in [1.29, 1.82) is 0 Å². The van der Waals surface area contributed by atoms with Gasteiger partial charge in [0.25, 0.3) is 0 Å². The predicted molar refractivity (Wildman–Crippen MR) is 82.0 cm³/mol. The zero-order valence-electron chi connectivity index (χ0n) is 11.7. The number of imidazole rings is 1. The molecule has 0 aliphatic heterocycles. The Bertz CT molecular complexity index is 709. The largest absolute Gasteiger partial charge is 0.341 e. The quantitative estimate of drug-likeness (QED) is 0.537. The van der Waals surface area contributed by atoms with Crippen molar-refractivity contribution < 1.29 is 0 Å². The molecule has 3 aromatic rings. The number of H-pyrrole nitrogens is 1. The van der Waals surface area contributed by atoms with Crippen LogP contribution in [0.5, 0.6) is 0 Å². The molecule has 0 aliphatic carbocycles.